The number of hydrogen-bond acceptors (Lipinski definition) is 2. The van der Waals surface area contributed by atoms with Crippen molar-refractivity contribution in [3.8, 4) is 5.75 Å². The van der Waals surface area contributed by atoms with E-state index in [-0.39, 0.29) is 6.10 Å². The predicted molar refractivity (Wildman–Crippen MR) is 69.9 cm³/mol. The van der Waals surface area contributed by atoms with Crippen LogP contribution < -0.4 is 4.74 Å². The topological polar surface area (TPSA) is 18.5 Å². The smallest absolute Gasteiger partial charge is 0.121 e. The minimum Gasteiger partial charge on any atom is -0.496 e. The third-order valence-electron chi connectivity index (χ3n) is 3.39. The Labute approximate surface area is 108 Å². The molecule has 1 aliphatic heterocycles. The molecule has 2 unspecified atom stereocenters. The van der Waals surface area contributed by atoms with Gasteiger partial charge in [0.1, 0.15) is 5.75 Å². The Bertz CT molecular complexity index is 378. The molecule has 1 saturated heterocycles. The summed E-state index contributed by atoms with van der Waals surface area (Å²) >= 11 is 6.02. The number of benzene rings is 1. The number of hydrogen-bond donors (Lipinski definition) is 0. The zero-order valence-electron chi connectivity index (χ0n) is 10.4. The molecular formula is C14H19ClO2. The maximum Gasteiger partial charge on any atom is 0.121 e. The average molecular weight is 255 g/mol. The van der Waals surface area contributed by atoms with E-state index in [1.807, 2.05) is 6.07 Å². The van der Waals surface area contributed by atoms with Crippen LogP contribution in [0.5, 0.6) is 5.75 Å². The van der Waals surface area contributed by atoms with Gasteiger partial charge in [-0.1, -0.05) is 6.07 Å². The first-order valence-electron chi connectivity index (χ1n) is 6.08. The van der Waals surface area contributed by atoms with E-state index >= 15 is 0 Å². The van der Waals surface area contributed by atoms with Crippen LogP contribution >= 0.6 is 11.6 Å². The first-order chi connectivity index (χ1) is 8.26. The number of alkyl halides is 1. The molecule has 0 radical (unpaired) electrons. The van der Waals surface area contributed by atoms with Gasteiger partial charge in [0, 0.05) is 18.4 Å². The SMILES string of the molecule is COc1ccc(C2OCCCC2CCl)cc1C. The van der Waals surface area contributed by atoms with Gasteiger partial charge in [-0.05, 0) is 43.0 Å². The van der Waals surface area contributed by atoms with Crippen molar-refractivity contribution < 1.29 is 9.47 Å². The van der Waals surface area contributed by atoms with Crippen LogP contribution in [0.1, 0.15) is 30.1 Å². The molecule has 0 N–H and O–H groups in total. The quantitative estimate of drug-likeness (QED) is 0.766. The zero-order chi connectivity index (χ0) is 12.3. The molecule has 0 aliphatic carbocycles. The van der Waals surface area contributed by atoms with Crippen molar-refractivity contribution in [2.75, 3.05) is 19.6 Å². The van der Waals surface area contributed by atoms with Gasteiger partial charge in [-0.2, -0.15) is 0 Å². The lowest BCUT2D eigenvalue weighted by molar-refractivity contribution is -0.0208. The number of halogens is 1. The van der Waals surface area contributed by atoms with Crippen LogP contribution in [0, 0.1) is 12.8 Å². The number of ether oxygens (including phenoxy) is 2. The molecule has 0 saturated carbocycles. The molecule has 0 bridgehead atoms. The summed E-state index contributed by atoms with van der Waals surface area (Å²) in [6.45, 7) is 2.89. The van der Waals surface area contributed by atoms with Crippen molar-refractivity contribution in [1.29, 1.82) is 0 Å². The van der Waals surface area contributed by atoms with Gasteiger partial charge in [-0.15, -0.1) is 11.6 Å². The first kappa shape index (κ1) is 12.7. The predicted octanol–water partition coefficient (Wildman–Crippen LogP) is 3.71. The van der Waals surface area contributed by atoms with Crippen LogP contribution in [-0.4, -0.2) is 19.6 Å². The van der Waals surface area contributed by atoms with Gasteiger partial charge in [0.25, 0.3) is 0 Å². The second-order valence-corrected chi connectivity index (χ2v) is 4.89. The number of rotatable bonds is 3. The molecule has 2 atom stereocenters. The fourth-order valence-electron chi connectivity index (χ4n) is 2.45. The molecule has 1 aliphatic rings. The highest BCUT2D eigenvalue weighted by Gasteiger charge is 2.26. The Morgan fingerprint density at radius 1 is 1.47 bits per heavy atom. The zero-order valence-corrected chi connectivity index (χ0v) is 11.2. The maximum atomic E-state index is 6.02. The van der Waals surface area contributed by atoms with Crippen LogP contribution in [0.4, 0.5) is 0 Å². The van der Waals surface area contributed by atoms with Crippen molar-refractivity contribution in [3.63, 3.8) is 0 Å². The molecule has 0 aromatic heterocycles. The molecule has 2 nitrogen and oxygen atoms in total. The lowest BCUT2D eigenvalue weighted by atomic mass is 9.90. The van der Waals surface area contributed by atoms with E-state index in [4.69, 9.17) is 21.1 Å². The normalized spacial score (nSPS) is 24.6. The number of aryl methyl sites for hydroxylation is 1. The van der Waals surface area contributed by atoms with Crippen LogP contribution in [0.3, 0.4) is 0 Å². The van der Waals surface area contributed by atoms with Gasteiger partial charge < -0.3 is 9.47 Å². The molecule has 1 aromatic rings. The summed E-state index contributed by atoms with van der Waals surface area (Å²) in [4.78, 5) is 0. The molecule has 1 fully saturated rings. The Balaban J connectivity index is 2.23. The third kappa shape index (κ3) is 2.75. The van der Waals surface area contributed by atoms with Gasteiger partial charge in [0.15, 0.2) is 0 Å². The van der Waals surface area contributed by atoms with Gasteiger partial charge in [0.05, 0.1) is 13.2 Å². The van der Waals surface area contributed by atoms with Gasteiger partial charge >= 0.3 is 0 Å². The van der Waals surface area contributed by atoms with Crippen LogP contribution in [0.2, 0.25) is 0 Å². The van der Waals surface area contributed by atoms with Crippen molar-refractivity contribution in [3.05, 3.63) is 29.3 Å². The largest absolute Gasteiger partial charge is 0.496 e. The van der Waals surface area contributed by atoms with Crippen LogP contribution in [0.15, 0.2) is 18.2 Å². The van der Waals surface area contributed by atoms with Gasteiger partial charge in [-0.25, -0.2) is 0 Å². The molecular weight excluding hydrogens is 236 g/mol. The summed E-state index contributed by atoms with van der Waals surface area (Å²) in [5.41, 5.74) is 2.36. The summed E-state index contributed by atoms with van der Waals surface area (Å²) in [6.07, 6.45) is 2.41. The molecule has 0 spiro atoms. The molecule has 17 heavy (non-hydrogen) atoms. The maximum absolute atomic E-state index is 6.02. The lowest BCUT2D eigenvalue weighted by Gasteiger charge is -2.31. The van der Waals surface area contributed by atoms with Gasteiger partial charge in [0.2, 0.25) is 0 Å². The lowest BCUT2D eigenvalue weighted by Crippen LogP contribution is -2.23. The van der Waals surface area contributed by atoms with Crippen LogP contribution in [0.25, 0.3) is 0 Å². The highest BCUT2D eigenvalue weighted by atomic mass is 35.5. The second-order valence-electron chi connectivity index (χ2n) is 4.58. The molecule has 2 rings (SSSR count). The Hall–Kier alpha value is -0.730. The summed E-state index contributed by atoms with van der Waals surface area (Å²) in [5.74, 6) is 2.01. The highest BCUT2D eigenvalue weighted by Crippen LogP contribution is 2.35. The van der Waals surface area contributed by atoms with Crippen molar-refractivity contribution in [2.45, 2.75) is 25.9 Å². The Kier molecular flexibility index (Phi) is 4.30. The van der Waals surface area contributed by atoms with Crippen LogP contribution in [-0.2, 0) is 4.74 Å². The van der Waals surface area contributed by atoms with Gasteiger partial charge in [-0.3, -0.25) is 0 Å². The minimum absolute atomic E-state index is 0.144. The second kappa shape index (κ2) is 5.74. The van der Waals surface area contributed by atoms with E-state index in [0.29, 0.717) is 11.8 Å². The molecule has 0 amide bonds. The van der Waals surface area contributed by atoms with E-state index in [9.17, 15) is 0 Å². The average Bonchev–Trinajstić information content (AvgIpc) is 2.38. The molecule has 3 heteroatoms. The summed E-state index contributed by atoms with van der Waals surface area (Å²) < 4.78 is 11.1. The van der Waals surface area contributed by atoms with E-state index in [0.717, 1.165) is 30.8 Å². The fraction of sp³-hybridized carbons (Fsp3) is 0.571. The van der Waals surface area contributed by atoms with Crippen molar-refractivity contribution in [2.24, 2.45) is 5.92 Å². The summed E-state index contributed by atoms with van der Waals surface area (Å²) in [7, 11) is 1.70. The Morgan fingerprint density at radius 2 is 2.29 bits per heavy atom. The summed E-state index contributed by atoms with van der Waals surface area (Å²) in [5, 5.41) is 0. The first-order valence-corrected chi connectivity index (χ1v) is 6.62. The van der Waals surface area contributed by atoms with Crippen molar-refractivity contribution in [1.82, 2.24) is 0 Å². The van der Waals surface area contributed by atoms with E-state index in [1.165, 1.54) is 5.56 Å². The Morgan fingerprint density at radius 3 is 2.94 bits per heavy atom. The van der Waals surface area contributed by atoms with E-state index in [2.05, 4.69) is 19.1 Å². The fourth-order valence-corrected chi connectivity index (χ4v) is 2.76. The van der Waals surface area contributed by atoms with Crippen molar-refractivity contribution >= 4 is 11.6 Å². The molecule has 94 valence electrons. The number of methoxy groups -OCH3 is 1. The monoisotopic (exact) mass is 254 g/mol. The molecule has 1 heterocycles. The summed E-state index contributed by atoms with van der Waals surface area (Å²) in [6, 6.07) is 6.24. The minimum atomic E-state index is 0.144. The molecule has 1 aromatic carbocycles. The van der Waals surface area contributed by atoms with E-state index in [1.54, 1.807) is 7.11 Å². The highest BCUT2D eigenvalue weighted by molar-refractivity contribution is 6.18. The standard InChI is InChI=1S/C14H19ClO2/c1-10-8-11(5-6-13(10)16-2)14-12(9-15)4-3-7-17-14/h5-6,8,12,14H,3-4,7,9H2,1-2H3. The third-order valence-corrected chi connectivity index (χ3v) is 3.79. The van der Waals surface area contributed by atoms with E-state index < -0.39 is 0 Å².